The van der Waals surface area contributed by atoms with Crippen LogP contribution in [0.25, 0.3) is 59.1 Å². The molecule has 0 unspecified atom stereocenters. The molecule has 4 nitrogen and oxygen atoms in total. The van der Waals surface area contributed by atoms with Gasteiger partial charge in [0.25, 0.3) is 0 Å². The average Bonchev–Trinajstić information content (AvgIpc) is 3.54. The Morgan fingerprint density at radius 2 is 1.41 bits per heavy atom. The van der Waals surface area contributed by atoms with Gasteiger partial charge in [0.05, 0.1) is 16.9 Å². The van der Waals surface area contributed by atoms with E-state index in [1.807, 2.05) is 78.2 Å². The molecule has 0 aliphatic carbocycles. The van der Waals surface area contributed by atoms with E-state index in [4.69, 9.17) is 9.72 Å². The van der Waals surface area contributed by atoms with E-state index >= 15 is 0 Å². The molecule has 8 aromatic rings. The number of fused-ring (bicyclic) bond motifs is 7. The zero-order valence-electron chi connectivity index (χ0n) is 20.8. The van der Waals surface area contributed by atoms with Crippen molar-refractivity contribution in [2.75, 3.05) is 0 Å². The molecule has 0 aliphatic heterocycles. The maximum Gasteiger partial charge on any atom is 0.145 e. The minimum atomic E-state index is 0.763. The summed E-state index contributed by atoms with van der Waals surface area (Å²) in [7, 11) is 0. The van der Waals surface area contributed by atoms with Gasteiger partial charge in [0.15, 0.2) is 0 Å². The average molecular weight is 520 g/mol. The monoisotopic (exact) mass is 519 g/mol. The highest BCUT2D eigenvalue weighted by molar-refractivity contribution is 7.26. The Hall–Kier alpha value is -5.00. The number of rotatable bonds is 4. The minimum absolute atomic E-state index is 0.763. The van der Waals surface area contributed by atoms with Gasteiger partial charge < -0.3 is 4.74 Å². The van der Waals surface area contributed by atoms with E-state index < -0.39 is 0 Å². The first-order chi connectivity index (χ1) is 19.3. The molecule has 0 amide bonds. The highest BCUT2D eigenvalue weighted by atomic mass is 32.1. The summed E-state index contributed by atoms with van der Waals surface area (Å²) in [5, 5.41) is 4.87. The van der Waals surface area contributed by atoms with E-state index in [0.29, 0.717) is 0 Å². The van der Waals surface area contributed by atoms with Gasteiger partial charge in [-0.2, -0.15) is 0 Å². The third kappa shape index (κ3) is 3.59. The van der Waals surface area contributed by atoms with Gasteiger partial charge in [0.2, 0.25) is 0 Å². The van der Waals surface area contributed by atoms with Crippen molar-refractivity contribution in [3.63, 3.8) is 0 Å². The predicted molar refractivity (Wildman–Crippen MR) is 161 cm³/mol. The van der Waals surface area contributed by atoms with Crippen LogP contribution in [0.5, 0.6) is 11.5 Å². The number of nitrogens with zero attached hydrogens (tertiary/aromatic N) is 3. The lowest BCUT2D eigenvalue weighted by Gasteiger charge is -2.12. The number of pyridine rings is 2. The van der Waals surface area contributed by atoms with Crippen molar-refractivity contribution in [2.24, 2.45) is 0 Å². The lowest BCUT2D eigenvalue weighted by molar-refractivity contribution is 0.482. The van der Waals surface area contributed by atoms with Crippen LogP contribution in [0.3, 0.4) is 0 Å². The van der Waals surface area contributed by atoms with Crippen LogP contribution >= 0.6 is 11.3 Å². The number of hydrogen-bond donors (Lipinski definition) is 0. The van der Waals surface area contributed by atoms with Crippen molar-refractivity contribution >= 4 is 53.4 Å². The molecule has 0 aliphatic rings. The van der Waals surface area contributed by atoms with Gasteiger partial charge in [-0.1, -0.05) is 48.5 Å². The van der Waals surface area contributed by atoms with Gasteiger partial charge in [-0.25, -0.2) is 4.98 Å². The van der Waals surface area contributed by atoms with E-state index in [9.17, 15) is 0 Å². The molecule has 0 atom stereocenters. The number of ether oxygens (including phenoxy) is 1. The summed E-state index contributed by atoms with van der Waals surface area (Å²) in [6, 6.07) is 39.5. The Morgan fingerprint density at radius 3 is 2.33 bits per heavy atom. The van der Waals surface area contributed by atoms with Crippen molar-refractivity contribution in [3.8, 4) is 28.4 Å². The highest BCUT2D eigenvalue weighted by Crippen LogP contribution is 2.42. The smallest absolute Gasteiger partial charge is 0.145 e. The minimum Gasteiger partial charge on any atom is -0.457 e. The van der Waals surface area contributed by atoms with Crippen LogP contribution in [0.2, 0.25) is 0 Å². The van der Waals surface area contributed by atoms with E-state index in [1.165, 1.54) is 31.1 Å². The molecule has 4 aromatic carbocycles. The van der Waals surface area contributed by atoms with Crippen LogP contribution in [0, 0.1) is 0 Å². The molecule has 0 bridgehead atoms. The second kappa shape index (κ2) is 8.79. The first kappa shape index (κ1) is 22.0. The Bertz CT molecular complexity index is 2160. The van der Waals surface area contributed by atoms with Gasteiger partial charge in [0, 0.05) is 55.0 Å². The lowest BCUT2D eigenvalue weighted by Crippen LogP contribution is -1.96. The second-order valence-electron chi connectivity index (χ2n) is 9.49. The van der Waals surface area contributed by atoms with E-state index in [1.54, 1.807) is 6.20 Å². The first-order valence-electron chi connectivity index (χ1n) is 12.8. The van der Waals surface area contributed by atoms with Crippen LogP contribution in [0.4, 0.5) is 0 Å². The van der Waals surface area contributed by atoms with Crippen LogP contribution < -0.4 is 4.74 Å². The summed E-state index contributed by atoms with van der Waals surface area (Å²) in [5.41, 5.74) is 5.05. The number of hydrogen-bond acceptors (Lipinski definition) is 4. The predicted octanol–water partition coefficient (Wildman–Crippen LogP) is 9.40. The maximum absolute atomic E-state index is 6.39. The standard InChI is InChI=1S/C34H21N3OS/c1-2-15-30-28(12-1)32-31(39-30)17-16-26-27-13-7-19-36-34(27)37(33(26)32)23-9-6-11-25(21-23)38-24-10-5-8-22(20-24)29-14-3-4-18-35-29/h1-21H. The summed E-state index contributed by atoms with van der Waals surface area (Å²) in [4.78, 5) is 9.32. The fourth-order valence-electron chi connectivity index (χ4n) is 5.47. The molecule has 0 radical (unpaired) electrons. The summed E-state index contributed by atoms with van der Waals surface area (Å²) in [6.07, 6.45) is 3.67. The first-order valence-corrected chi connectivity index (χ1v) is 13.6. The van der Waals surface area contributed by atoms with Crippen molar-refractivity contribution in [3.05, 3.63) is 128 Å². The Labute approximate surface area is 228 Å². The molecule has 4 aromatic heterocycles. The molecule has 184 valence electrons. The van der Waals surface area contributed by atoms with Gasteiger partial charge in [-0.3, -0.25) is 9.55 Å². The second-order valence-corrected chi connectivity index (χ2v) is 10.6. The summed E-state index contributed by atoms with van der Waals surface area (Å²) >= 11 is 1.83. The Balaban J connectivity index is 1.31. The molecular formula is C34H21N3OS. The molecule has 4 heterocycles. The summed E-state index contributed by atoms with van der Waals surface area (Å²) in [6.45, 7) is 0. The van der Waals surface area contributed by atoms with Crippen molar-refractivity contribution in [1.29, 1.82) is 0 Å². The van der Waals surface area contributed by atoms with Crippen molar-refractivity contribution in [1.82, 2.24) is 14.5 Å². The van der Waals surface area contributed by atoms with Gasteiger partial charge in [0.1, 0.15) is 17.1 Å². The molecule has 0 N–H and O–H groups in total. The van der Waals surface area contributed by atoms with Crippen LogP contribution in [-0.2, 0) is 0 Å². The molecule has 39 heavy (non-hydrogen) atoms. The normalized spacial score (nSPS) is 11.6. The number of thiophene rings is 1. The SMILES string of the molecule is c1ccc(-c2cccc(Oc3cccc(-n4c5ncccc5c5ccc6sc7ccccc7c6c54)c3)c2)nc1. The van der Waals surface area contributed by atoms with Crippen LogP contribution in [0.1, 0.15) is 0 Å². The van der Waals surface area contributed by atoms with Crippen molar-refractivity contribution in [2.45, 2.75) is 0 Å². The summed E-state index contributed by atoms with van der Waals surface area (Å²) in [5.74, 6) is 1.53. The van der Waals surface area contributed by atoms with Crippen LogP contribution in [-0.4, -0.2) is 14.5 Å². The lowest BCUT2D eigenvalue weighted by atomic mass is 10.1. The Morgan fingerprint density at radius 1 is 0.590 bits per heavy atom. The molecule has 8 rings (SSSR count). The van der Waals surface area contributed by atoms with E-state index in [0.717, 1.165) is 39.5 Å². The highest BCUT2D eigenvalue weighted by Gasteiger charge is 2.19. The third-order valence-corrected chi connectivity index (χ3v) is 8.27. The zero-order chi connectivity index (χ0) is 25.8. The molecule has 0 saturated heterocycles. The topological polar surface area (TPSA) is 39.9 Å². The quantitative estimate of drug-likeness (QED) is 0.232. The van der Waals surface area contributed by atoms with Gasteiger partial charge in [-0.05, 0) is 60.7 Å². The molecule has 5 heteroatoms. The van der Waals surface area contributed by atoms with E-state index in [-0.39, 0.29) is 0 Å². The third-order valence-electron chi connectivity index (χ3n) is 7.13. The fourth-order valence-corrected chi connectivity index (χ4v) is 6.57. The van der Waals surface area contributed by atoms with Gasteiger partial charge in [-0.15, -0.1) is 11.3 Å². The van der Waals surface area contributed by atoms with Gasteiger partial charge >= 0.3 is 0 Å². The van der Waals surface area contributed by atoms with Crippen molar-refractivity contribution < 1.29 is 4.74 Å². The molecule has 0 spiro atoms. The largest absolute Gasteiger partial charge is 0.457 e. The Kier molecular flexibility index (Phi) is 4.96. The van der Waals surface area contributed by atoms with Crippen LogP contribution in [0.15, 0.2) is 128 Å². The van der Waals surface area contributed by atoms with E-state index in [2.05, 4.69) is 64.1 Å². The molecule has 0 fully saturated rings. The number of benzene rings is 4. The summed E-state index contributed by atoms with van der Waals surface area (Å²) < 4.78 is 11.2. The molecule has 0 saturated carbocycles. The number of aromatic nitrogens is 3. The molecular weight excluding hydrogens is 498 g/mol. The maximum atomic E-state index is 6.39. The fraction of sp³-hybridized carbons (Fsp3) is 0. The zero-order valence-corrected chi connectivity index (χ0v) is 21.6.